The van der Waals surface area contributed by atoms with Crippen molar-refractivity contribution in [3.63, 3.8) is 0 Å². The van der Waals surface area contributed by atoms with Crippen LogP contribution in [0.1, 0.15) is 6.42 Å². The number of nitrogens with zero attached hydrogens (tertiary/aromatic N) is 2. The molecule has 0 aromatic heterocycles. The lowest BCUT2D eigenvalue weighted by atomic mass is 10.3. The molecular formula is C16H22N4O3S. The fourth-order valence-electron chi connectivity index (χ4n) is 3.07. The maximum absolute atomic E-state index is 12.8. The summed E-state index contributed by atoms with van der Waals surface area (Å²) in [4.78, 5) is 16.9. The molecule has 2 heterocycles. The summed E-state index contributed by atoms with van der Waals surface area (Å²) in [7, 11) is -3.69. The van der Waals surface area contributed by atoms with Gasteiger partial charge in [0, 0.05) is 32.7 Å². The molecule has 0 saturated carbocycles. The summed E-state index contributed by atoms with van der Waals surface area (Å²) in [5.41, 5.74) is 0.456. The van der Waals surface area contributed by atoms with E-state index in [1.807, 2.05) is 6.08 Å². The van der Waals surface area contributed by atoms with Crippen LogP contribution >= 0.6 is 0 Å². The lowest BCUT2D eigenvalue weighted by molar-refractivity contribution is -0.132. The first-order valence-corrected chi connectivity index (χ1v) is 9.49. The van der Waals surface area contributed by atoms with Crippen molar-refractivity contribution >= 4 is 21.6 Å². The summed E-state index contributed by atoms with van der Waals surface area (Å²) in [6, 6.07) is 6.59. The molecule has 2 N–H and O–H groups in total. The van der Waals surface area contributed by atoms with Gasteiger partial charge in [0.25, 0.3) is 5.91 Å². The Bertz CT molecular complexity index is 735. The molecule has 1 atom stereocenters. The smallest absolute Gasteiger partial charge is 0.261 e. The monoisotopic (exact) mass is 350 g/mol. The third kappa shape index (κ3) is 3.45. The zero-order chi connectivity index (χ0) is 17.2. The lowest BCUT2D eigenvalue weighted by Gasteiger charge is -2.31. The zero-order valence-corrected chi connectivity index (χ0v) is 14.3. The van der Waals surface area contributed by atoms with E-state index in [9.17, 15) is 13.2 Å². The van der Waals surface area contributed by atoms with E-state index in [1.54, 1.807) is 23.1 Å². The quantitative estimate of drug-likeness (QED) is 0.773. The molecule has 1 amide bonds. The first kappa shape index (κ1) is 16.9. The molecule has 1 aromatic carbocycles. The van der Waals surface area contributed by atoms with Crippen LogP contribution in [-0.2, 0) is 14.8 Å². The van der Waals surface area contributed by atoms with Crippen LogP contribution in [0.5, 0.6) is 0 Å². The van der Waals surface area contributed by atoms with Crippen molar-refractivity contribution in [3.05, 3.63) is 36.9 Å². The number of amides is 1. The van der Waals surface area contributed by atoms with Crippen molar-refractivity contribution in [1.82, 2.24) is 14.5 Å². The second kappa shape index (κ2) is 6.92. The first-order chi connectivity index (χ1) is 11.5. The van der Waals surface area contributed by atoms with Crippen LogP contribution in [0.2, 0.25) is 0 Å². The van der Waals surface area contributed by atoms with Crippen LogP contribution in [0.3, 0.4) is 0 Å². The molecule has 8 heteroatoms. The number of carbonyl (C=O) groups excluding carboxylic acids is 1. The van der Waals surface area contributed by atoms with Gasteiger partial charge in [0.15, 0.2) is 6.17 Å². The molecule has 1 fully saturated rings. The molecule has 7 nitrogen and oxygen atoms in total. The maximum Gasteiger partial charge on any atom is 0.261 e. The number of carbonyl (C=O) groups is 1. The minimum absolute atomic E-state index is 0.169. The van der Waals surface area contributed by atoms with E-state index in [1.165, 1.54) is 6.07 Å². The van der Waals surface area contributed by atoms with Gasteiger partial charge in [-0.3, -0.25) is 9.69 Å². The Morgan fingerprint density at radius 2 is 2.04 bits per heavy atom. The molecule has 3 rings (SSSR count). The van der Waals surface area contributed by atoms with E-state index in [4.69, 9.17) is 0 Å². The van der Waals surface area contributed by atoms with Gasteiger partial charge >= 0.3 is 0 Å². The first-order valence-electron chi connectivity index (χ1n) is 8.01. The largest absolute Gasteiger partial charge is 0.360 e. The van der Waals surface area contributed by atoms with Crippen LogP contribution in [0.15, 0.2) is 41.8 Å². The highest BCUT2D eigenvalue weighted by Gasteiger charge is 2.35. The Balaban J connectivity index is 1.73. The van der Waals surface area contributed by atoms with E-state index in [2.05, 4.69) is 21.5 Å². The molecule has 0 aliphatic carbocycles. The van der Waals surface area contributed by atoms with E-state index in [-0.39, 0.29) is 10.8 Å². The number of anilines is 1. The minimum Gasteiger partial charge on any atom is -0.360 e. The maximum atomic E-state index is 12.8. The van der Waals surface area contributed by atoms with Crippen LogP contribution in [-0.4, -0.2) is 63.0 Å². The molecule has 24 heavy (non-hydrogen) atoms. The number of hydrogen-bond donors (Lipinski definition) is 2. The standard InChI is InChI=1S/C16H22N4O3S/c1-2-8-19-9-5-10-20(12-11-19)16(21)15-17-13-6-3-4-7-14(13)24(22,23)18-15/h2-4,6-7,15,17-18H,1,5,8-12H2. The third-order valence-electron chi connectivity index (χ3n) is 4.28. The second-order valence-electron chi connectivity index (χ2n) is 5.96. The van der Waals surface area contributed by atoms with Crippen LogP contribution < -0.4 is 10.0 Å². The van der Waals surface area contributed by atoms with Crippen molar-refractivity contribution in [3.8, 4) is 0 Å². The summed E-state index contributed by atoms with van der Waals surface area (Å²) < 4.78 is 27.1. The van der Waals surface area contributed by atoms with E-state index < -0.39 is 16.2 Å². The average Bonchev–Trinajstić information content (AvgIpc) is 2.79. The van der Waals surface area contributed by atoms with Crippen LogP contribution in [0.4, 0.5) is 5.69 Å². The highest BCUT2D eigenvalue weighted by molar-refractivity contribution is 7.89. The van der Waals surface area contributed by atoms with Crippen molar-refractivity contribution in [1.29, 1.82) is 0 Å². The fourth-order valence-corrected chi connectivity index (χ4v) is 4.35. The third-order valence-corrected chi connectivity index (χ3v) is 5.76. The van der Waals surface area contributed by atoms with Crippen LogP contribution in [0.25, 0.3) is 0 Å². The normalized spacial score (nSPS) is 23.7. The van der Waals surface area contributed by atoms with Gasteiger partial charge in [0.05, 0.1) is 5.69 Å². The molecule has 0 radical (unpaired) electrons. The highest BCUT2D eigenvalue weighted by atomic mass is 32.2. The highest BCUT2D eigenvalue weighted by Crippen LogP contribution is 2.25. The Morgan fingerprint density at radius 3 is 2.83 bits per heavy atom. The van der Waals surface area contributed by atoms with Crippen LogP contribution in [0, 0.1) is 0 Å². The summed E-state index contributed by atoms with van der Waals surface area (Å²) >= 11 is 0. The number of nitrogens with one attached hydrogen (secondary N) is 2. The predicted octanol–water partition coefficient (Wildman–Crippen LogP) is 0.437. The van der Waals surface area contributed by atoms with Gasteiger partial charge < -0.3 is 10.2 Å². The molecule has 0 bridgehead atoms. The topological polar surface area (TPSA) is 81.8 Å². The van der Waals surface area contributed by atoms with Crippen molar-refractivity contribution in [2.24, 2.45) is 0 Å². The zero-order valence-electron chi connectivity index (χ0n) is 13.4. The van der Waals surface area contributed by atoms with Crippen molar-refractivity contribution in [2.75, 3.05) is 38.0 Å². The van der Waals surface area contributed by atoms with Gasteiger partial charge in [-0.25, -0.2) is 8.42 Å². The molecule has 1 aromatic rings. The SMILES string of the molecule is C=CCN1CCCN(C(=O)C2Nc3ccccc3S(=O)(=O)N2)CC1. The number of rotatable bonds is 3. The van der Waals surface area contributed by atoms with E-state index in [0.29, 0.717) is 18.8 Å². The van der Waals surface area contributed by atoms with E-state index >= 15 is 0 Å². The Hall–Kier alpha value is -1.90. The Morgan fingerprint density at radius 1 is 1.25 bits per heavy atom. The second-order valence-corrected chi connectivity index (χ2v) is 7.65. The van der Waals surface area contributed by atoms with E-state index in [0.717, 1.165) is 26.1 Å². The molecule has 130 valence electrons. The molecule has 2 aliphatic heterocycles. The summed E-state index contributed by atoms with van der Waals surface area (Å²) in [5, 5.41) is 3.00. The van der Waals surface area contributed by atoms with Crippen molar-refractivity contribution in [2.45, 2.75) is 17.5 Å². The van der Waals surface area contributed by atoms with Gasteiger partial charge in [-0.1, -0.05) is 18.2 Å². The molecule has 0 spiro atoms. The Kier molecular flexibility index (Phi) is 4.88. The van der Waals surface area contributed by atoms with Gasteiger partial charge in [-0.2, -0.15) is 4.72 Å². The number of sulfonamides is 1. The molecule has 2 aliphatic rings. The molecule has 1 unspecified atom stereocenters. The number of benzene rings is 1. The van der Waals surface area contributed by atoms with Gasteiger partial charge in [0.1, 0.15) is 4.90 Å². The Labute approximate surface area is 142 Å². The number of fused-ring (bicyclic) bond motifs is 1. The lowest BCUT2D eigenvalue weighted by Crippen LogP contribution is -2.55. The van der Waals surface area contributed by atoms with Crippen molar-refractivity contribution < 1.29 is 13.2 Å². The van der Waals surface area contributed by atoms with Gasteiger partial charge in [0.2, 0.25) is 10.0 Å². The minimum atomic E-state index is -3.69. The summed E-state index contributed by atoms with van der Waals surface area (Å²) in [5.74, 6) is -0.242. The van der Waals surface area contributed by atoms with Gasteiger partial charge in [-0.15, -0.1) is 6.58 Å². The molecule has 1 saturated heterocycles. The predicted molar refractivity (Wildman–Crippen MR) is 92.0 cm³/mol. The van der Waals surface area contributed by atoms with Gasteiger partial charge in [-0.05, 0) is 18.6 Å². The number of para-hydroxylation sites is 1. The summed E-state index contributed by atoms with van der Waals surface area (Å²) in [6.45, 7) is 7.40. The number of hydrogen-bond acceptors (Lipinski definition) is 5. The fraction of sp³-hybridized carbons (Fsp3) is 0.438. The molecular weight excluding hydrogens is 328 g/mol. The summed E-state index contributed by atoms with van der Waals surface area (Å²) in [6.07, 6.45) is 1.75. The average molecular weight is 350 g/mol.